The Morgan fingerprint density at radius 1 is 0.970 bits per heavy atom. The van der Waals surface area contributed by atoms with Crippen LogP contribution in [0.25, 0.3) is 22.0 Å². The highest BCUT2D eigenvalue weighted by Gasteiger charge is 2.26. The van der Waals surface area contributed by atoms with E-state index >= 15 is 0 Å². The van der Waals surface area contributed by atoms with E-state index in [1.807, 2.05) is 30.3 Å². The third-order valence-electron chi connectivity index (χ3n) is 6.61. The van der Waals surface area contributed by atoms with E-state index in [9.17, 15) is 13.5 Å². The lowest BCUT2D eigenvalue weighted by Crippen LogP contribution is -2.40. The van der Waals surface area contributed by atoms with Crippen LogP contribution < -0.4 is 5.32 Å². The molecular weight excluding hydrogens is 438 g/mol. The Morgan fingerprint density at radius 2 is 1.70 bits per heavy atom. The van der Waals surface area contributed by atoms with E-state index in [1.54, 1.807) is 18.3 Å². The second-order valence-electron chi connectivity index (χ2n) is 8.73. The van der Waals surface area contributed by atoms with Crippen molar-refractivity contribution < 1.29 is 18.3 Å². The number of fused-ring (bicyclic) bond motifs is 1. The van der Waals surface area contributed by atoms with Gasteiger partial charge < -0.3 is 15.2 Å². The summed E-state index contributed by atoms with van der Waals surface area (Å²) in [6.07, 6.45) is 5.40. The van der Waals surface area contributed by atoms with E-state index in [0.717, 1.165) is 53.4 Å². The van der Waals surface area contributed by atoms with Gasteiger partial charge in [0.15, 0.2) is 0 Å². The first-order valence-electron chi connectivity index (χ1n) is 11.5. The molecule has 2 aliphatic rings. The monoisotopic (exact) mass is 467 g/mol. The first-order valence-corrected chi connectivity index (χ1v) is 13.0. The molecule has 7 nitrogen and oxygen atoms in total. The van der Waals surface area contributed by atoms with Gasteiger partial charge in [0.1, 0.15) is 0 Å². The fourth-order valence-electron chi connectivity index (χ4n) is 4.69. The first-order chi connectivity index (χ1) is 16.0. The lowest BCUT2D eigenvalue weighted by atomic mass is 9.92. The predicted octanol–water partition coefficient (Wildman–Crippen LogP) is 3.64. The molecule has 1 aliphatic heterocycles. The zero-order valence-corrected chi connectivity index (χ0v) is 19.3. The molecule has 2 N–H and O–H groups in total. The lowest BCUT2D eigenvalue weighted by molar-refractivity contribution is 0.0730. The minimum Gasteiger partial charge on any atom is -0.391 e. The largest absolute Gasteiger partial charge is 0.391 e. The molecule has 1 aromatic heterocycles. The highest BCUT2D eigenvalue weighted by atomic mass is 32.2. The maximum Gasteiger partial charge on any atom is 0.243 e. The summed E-state index contributed by atoms with van der Waals surface area (Å²) in [5.41, 5.74) is 3.75. The van der Waals surface area contributed by atoms with Gasteiger partial charge in [-0.15, -0.1) is 0 Å². The molecular formula is C25H29N3O4S. The first kappa shape index (κ1) is 22.3. The van der Waals surface area contributed by atoms with Crippen LogP contribution in [-0.4, -0.2) is 61.3 Å². The molecule has 0 amide bonds. The summed E-state index contributed by atoms with van der Waals surface area (Å²) in [5, 5.41) is 14.9. The smallest absolute Gasteiger partial charge is 0.243 e. The van der Waals surface area contributed by atoms with Crippen molar-refractivity contribution in [3.63, 3.8) is 0 Å². The van der Waals surface area contributed by atoms with Crippen LogP contribution in [0.5, 0.6) is 0 Å². The van der Waals surface area contributed by atoms with Gasteiger partial charge in [-0.05, 0) is 54.3 Å². The third-order valence-corrected chi connectivity index (χ3v) is 8.52. The summed E-state index contributed by atoms with van der Waals surface area (Å²) in [6.45, 7) is 1.62. The molecule has 33 heavy (non-hydrogen) atoms. The van der Waals surface area contributed by atoms with Crippen LogP contribution in [0.3, 0.4) is 0 Å². The topological polar surface area (TPSA) is 91.8 Å². The van der Waals surface area contributed by atoms with Crippen LogP contribution in [0.15, 0.2) is 59.6 Å². The Kier molecular flexibility index (Phi) is 6.34. The van der Waals surface area contributed by atoms with Crippen molar-refractivity contribution in [1.82, 2.24) is 9.29 Å². The second kappa shape index (κ2) is 9.38. The number of morpholine rings is 1. The zero-order valence-electron chi connectivity index (χ0n) is 18.5. The molecule has 5 rings (SSSR count). The fraction of sp³-hybridized carbons (Fsp3) is 0.400. The molecule has 0 spiro atoms. The standard InChI is InChI=1S/C25H29N3O4S/c29-25-4-2-1-3-24(25)27-23-11-12-26-22-10-7-19(17-21(22)23)18-5-8-20(9-6-18)33(30,31)28-13-15-32-16-14-28/h5-12,17,24-25,29H,1-4,13-16H2,(H,26,27)/t24-,25-/m1/s1. The number of aliphatic hydroxyl groups is 1. The molecule has 8 heteroatoms. The SMILES string of the molecule is O=S(=O)(c1ccc(-c2ccc3nccc(N[C@@H]4CCCC[C@H]4O)c3c2)cc1)N1CCOCC1. The summed E-state index contributed by atoms with van der Waals surface area (Å²) in [6, 6.07) is 15.1. The molecule has 1 saturated carbocycles. The summed E-state index contributed by atoms with van der Waals surface area (Å²) in [5.74, 6) is 0. The zero-order chi connectivity index (χ0) is 22.8. The quantitative estimate of drug-likeness (QED) is 0.595. The normalized spacial score (nSPS) is 22.3. The van der Waals surface area contributed by atoms with Gasteiger partial charge >= 0.3 is 0 Å². The summed E-state index contributed by atoms with van der Waals surface area (Å²) >= 11 is 0. The Bertz CT molecular complexity index is 1220. The van der Waals surface area contributed by atoms with Gasteiger partial charge in [0.05, 0.1) is 35.8 Å². The minimum absolute atomic E-state index is 0.0395. The van der Waals surface area contributed by atoms with Crippen molar-refractivity contribution >= 4 is 26.6 Å². The molecule has 2 atom stereocenters. The molecule has 1 saturated heterocycles. The number of ether oxygens (including phenoxy) is 1. The number of sulfonamides is 1. The number of benzene rings is 2. The van der Waals surface area contributed by atoms with Gasteiger partial charge in [-0.1, -0.05) is 31.0 Å². The van der Waals surface area contributed by atoms with Gasteiger partial charge in [0.2, 0.25) is 10.0 Å². The number of nitrogens with one attached hydrogen (secondary N) is 1. The molecule has 0 unspecified atom stereocenters. The Hall–Kier alpha value is -2.52. The van der Waals surface area contributed by atoms with Gasteiger partial charge in [0.25, 0.3) is 0 Å². The summed E-state index contributed by atoms with van der Waals surface area (Å²) in [7, 11) is -3.51. The van der Waals surface area contributed by atoms with Crippen molar-refractivity contribution in [2.75, 3.05) is 31.6 Å². The average Bonchev–Trinajstić information content (AvgIpc) is 2.86. The van der Waals surface area contributed by atoms with E-state index in [2.05, 4.69) is 16.4 Å². The lowest BCUT2D eigenvalue weighted by Gasteiger charge is -2.29. The van der Waals surface area contributed by atoms with Crippen molar-refractivity contribution in [1.29, 1.82) is 0 Å². The molecule has 2 aromatic carbocycles. The number of anilines is 1. The van der Waals surface area contributed by atoms with E-state index in [1.165, 1.54) is 4.31 Å². The van der Waals surface area contributed by atoms with Crippen LogP contribution in [0.4, 0.5) is 5.69 Å². The van der Waals surface area contributed by atoms with Crippen molar-refractivity contribution in [2.24, 2.45) is 0 Å². The number of aromatic nitrogens is 1. The molecule has 2 heterocycles. The number of hydrogen-bond acceptors (Lipinski definition) is 6. The van der Waals surface area contributed by atoms with E-state index in [-0.39, 0.29) is 12.1 Å². The van der Waals surface area contributed by atoms with Crippen LogP contribution >= 0.6 is 0 Å². The number of pyridine rings is 1. The van der Waals surface area contributed by atoms with Crippen molar-refractivity contribution in [3.8, 4) is 11.1 Å². The van der Waals surface area contributed by atoms with Gasteiger partial charge in [-0.3, -0.25) is 4.98 Å². The number of hydrogen-bond donors (Lipinski definition) is 2. The molecule has 3 aromatic rings. The van der Waals surface area contributed by atoms with E-state index in [0.29, 0.717) is 31.2 Å². The van der Waals surface area contributed by atoms with Gasteiger partial charge in [-0.2, -0.15) is 4.31 Å². The Labute approximate surface area is 194 Å². The molecule has 174 valence electrons. The number of nitrogens with zero attached hydrogens (tertiary/aromatic N) is 2. The maximum absolute atomic E-state index is 12.9. The van der Waals surface area contributed by atoms with Crippen LogP contribution in [0, 0.1) is 0 Å². The molecule has 0 bridgehead atoms. The molecule has 1 aliphatic carbocycles. The highest BCUT2D eigenvalue weighted by molar-refractivity contribution is 7.89. The predicted molar refractivity (Wildman–Crippen MR) is 129 cm³/mol. The third kappa shape index (κ3) is 4.61. The van der Waals surface area contributed by atoms with Crippen molar-refractivity contribution in [3.05, 3.63) is 54.7 Å². The van der Waals surface area contributed by atoms with Crippen LogP contribution in [-0.2, 0) is 14.8 Å². The average molecular weight is 468 g/mol. The van der Waals surface area contributed by atoms with Gasteiger partial charge in [0, 0.05) is 30.4 Å². The maximum atomic E-state index is 12.9. The minimum atomic E-state index is -3.51. The molecule has 2 fully saturated rings. The highest BCUT2D eigenvalue weighted by Crippen LogP contribution is 2.31. The van der Waals surface area contributed by atoms with Gasteiger partial charge in [-0.25, -0.2) is 8.42 Å². The second-order valence-corrected chi connectivity index (χ2v) is 10.7. The van der Waals surface area contributed by atoms with Crippen LogP contribution in [0.2, 0.25) is 0 Å². The number of aliphatic hydroxyl groups excluding tert-OH is 1. The summed E-state index contributed by atoms with van der Waals surface area (Å²) in [4.78, 5) is 4.78. The van der Waals surface area contributed by atoms with Crippen LogP contribution in [0.1, 0.15) is 25.7 Å². The fourth-order valence-corrected chi connectivity index (χ4v) is 6.09. The Balaban J connectivity index is 1.42. The molecule has 0 radical (unpaired) electrons. The van der Waals surface area contributed by atoms with E-state index < -0.39 is 10.0 Å². The summed E-state index contributed by atoms with van der Waals surface area (Å²) < 4.78 is 32.6. The number of rotatable bonds is 5. The van der Waals surface area contributed by atoms with E-state index in [4.69, 9.17) is 4.74 Å². The van der Waals surface area contributed by atoms with Crippen molar-refractivity contribution in [2.45, 2.75) is 42.7 Å². The Morgan fingerprint density at radius 3 is 2.45 bits per heavy atom.